The molecule has 1 N–H and O–H groups in total. The smallest absolute Gasteiger partial charge is 0.123 e. The van der Waals surface area contributed by atoms with E-state index in [4.69, 9.17) is 12.6 Å². The van der Waals surface area contributed by atoms with Gasteiger partial charge in [0.25, 0.3) is 0 Å². The lowest BCUT2D eigenvalue weighted by molar-refractivity contribution is 0.422. The molecule has 1 aromatic rings. The van der Waals surface area contributed by atoms with Crippen molar-refractivity contribution in [2.75, 3.05) is 0 Å². The first-order chi connectivity index (χ1) is 8.98. The topological polar surface area (TPSA) is 20.2 Å². The molecule has 0 aliphatic carbocycles. The van der Waals surface area contributed by atoms with Crippen molar-refractivity contribution in [2.45, 2.75) is 77.4 Å². The van der Waals surface area contributed by atoms with Crippen LogP contribution in [-0.4, -0.2) is 5.11 Å². The van der Waals surface area contributed by atoms with Gasteiger partial charge in [-0.25, -0.2) is 0 Å². The summed E-state index contributed by atoms with van der Waals surface area (Å²) in [5, 5.41) is 10.8. The third-order valence-corrected chi connectivity index (χ3v) is 4.18. The summed E-state index contributed by atoms with van der Waals surface area (Å²) in [5.74, 6) is 0.437. The SMILES string of the molecule is CCCC([S])c1cc(C(C)(C)C)c(O)c(C(C)(C)C)c1. The first kappa shape index (κ1) is 17.4. The third kappa shape index (κ3) is 3.94. The van der Waals surface area contributed by atoms with E-state index < -0.39 is 0 Å². The van der Waals surface area contributed by atoms with Crippen molar-refractivity contribution in [3.8, 4) is 5.75 Å². The molecule has 1 aromatic carbocycles. The van der Waals surface area contributed by atoms with E-state index in [9.17, 15) is 5.11 Å². The largest absolute Gasteiger partial charge is 0.507 e. The summed E-state index contributed by atoms with van der Waals surface area (Å²) in [4.78, 5) is 0. The summed E-state index contributed by atoms with van der Waals surface area (Å²) in [6.45, 7) is 15.0. The maximum Gasteiger partial charge on any atom is 0.123 e. The molecule has 0 aromatic heterocycles. The van der Waals surface area contributed by atoms with Crippen molar-refractivity contribution in [2.24, 2.45) is 0 Å². The van der Waals surface area contributed by atoms with E-state index >= 15 is 0 Å². The lowest BCUT2D eigenvalue weighted by Crippen LogP contribution is -2.18. The van der Waals surface area contributed by atoms with E-state index in [0.29, 0.717) is 5.75 Å². The van der Waals surface area contributed by atoms with Crippen LogP contribution in [0.15, 0.2) is 12.1 Å². The van der Waals surface area contributed by atoms with Crippen molar-refractivity contribution >= 4 is 12.6 Å². The second-order valence-corrected chi connectivity index (χ2v) is 8.31. The molecule has 0 fully saturated rings. The Bertz CT molecular complexity index is 428. The standard InChI is InChI=1S/C18H29OS/c1-8-9-15(20)12-10-13(17(2,3)4)16(19)14(11-12)18(5,6)7/h10-11,15,19H,8-9H2,1-7H3. The van der Waals surface area contributed by atoms with Crippen LogP contribution < -0.4 is 0 Å². The van der Waals surface area contributed by atoms with Gasteiger partial charge in [-0.3, -0.25) is 0 Å². The zero-order valence-corrected chi connectivity index (χ0v) is 14.8. The van der Waals surface area contributed by atoms with Gasteiger partial charge in [0.1, 0.15) is 5.75 Å². The Morgan fingerprint density at radius 2 is 1.40 bits per heavy atom. The van der Waals surface area contributed by atoms with Crippen molar-refractivity contribution in [1.29, 1.82) is 0 Å². The molecule has 1 radical (unpaired) electrons. The zero-order chi connectivity index (χ0) is 15.7. The highest BCUT2D eigenvalue weighted by Gasteiger charge is 2.27. The maximum atomic E-state index is 10.7. The Hall–Kier alpha value is -0.630. The summed E-state index contributed by atoms with van der Waals surface area (Å²) in [5.41, 5.74) is 3.02. The molecule has 0 aliphatic heterocycles. The monoisotopic (exact) mass is 293 g/mol. The first-order valence-electron chi connectivity index (χ1n) is 7.52. The van der Waals surface area contributed by atoms with Gasteiger partial charge in [0.15, 0.2) is 0 Å². The molecule has 1 rings (SSSR count). The minimum absolute atomic E-state index is 0.0820. The van der Waals surface area contributed by atoms with Crippen LogP contribution in [0.4, 0.5) is 0 Å². The van der Waals surface area contributed by atoms with Gasteiger partial charge in [0, 0.05) is 5.25 Å². The van der Waals surface area contributed by atoms with Gasteiger partial charge >= 0.3 is 0 Å². The summed E-state index contributed by atoms with van der Waals surface area (Å²) in [6, 6.07) is 4.22. The number of phenolic OH excluding ortho intramolecular Hbond substituents is 1. The van der Waals surface area contributed by atoms with E-state index in [2.05, 4.69) is 60.6 Å². The predicted octanol–water partition coefficient (Wildman–Crippen LogP) is 6.03. The van der Waals surface area contributed by atoms with Crippen LogP contribution in [0.5, 0.6) is 5.75 Å². The second kappa shape index (κ2) is 6.01. The molecule has 20 heavy (non-hydrogen) atoms. The van der Waals surface area contributed by atoms with Crippen molar-refractivity contribution in [3.05, 3.63) is 28.8 Å². The molecule has 0 spiro atoms. The van der Waals surface area contributed by atoms with Crippen molar-refractivity contribution in [3.63, 3.8) is 0 Å². The van der Waals surface area contributed by atoms with Gasteiger partial charge in [-0.1, -0.05) is 79.6 Å². The minimum Gasteiger partial charge on any atom is -0.507 e. The molecule has 0 heterocycles. The average Bonchev–Trinajstić information content (AvgIpc) is 2.26. The van der Waals surface area contributed by atoms with E-state index in [-0.39, 0.29) is 16.1 Å². The van der Waals surface area contributed by atoms with Gasteiger partial charge in [-0.15, -0.1) is 0 Å². The van der Waals surface area contributed by atoms with E-state index in [1.54, 1.807) is 0 Å². The fraction of sp³-hybridized carbons (Fsp3) is 0.667. The molecule has 1 unspecified atom stereocenters. The highest BCUT2D eigenvalue weighted by Crippen LogP contribution is 2.42. The second-order valence-electron chi connectivity index (χ2n) is 7.74. The Balaban J connectivity index is 3.50. The molecule has 0 amide bonds. The highest BCUT2D eigenvalue weighted by atomic mass is 32.1. The van der Waals surface area contributed by atoms with Gasteiger partial charge in [0.05, 0.1) is 0 Å². The van der Waals surface area contributed by atoms with E-state index in [1.165, 1.54) is 5.56 Å². The van der Waals surface area contributed by atoms with Crippen LogP contribution in [0.3, 0.4) is 0 Å². The highest BCUT2D eigenvalue weighted by molar-refractivity contribution is 7.80. The first-order valence-corrected chi connectivity index (χ1v) is 7.99. The molecule has 0 bridgehead atoms. The fourth-order valence-corrected chi connectivity index (χ4v) is 2.79. The minimum atomic E-state index is -0.0820. The molecular weight excluding hydrogens is 264 g/mol. The van der Waals surface area contributed by atoms with E-state index in [0.717, 1.165) is 24.0 Å². The van der Waals surface area contributed by atoms with Crippen LogP contribution in [0, 0.1) is 0 Å². The maximum absolute atomic E-state index is 10.7. The molecule has 2 heteroatoms. The van der Waals surface area contributed by atoms with Crippen LogP contribution in [-0.2, 0) is 10.8 Å². The summed E-state index contributed by atoms with van der Waals surface area (Å²) >= 11 is 5.63. The summed E-state index contributed by atoms with van der Waals surface area (Å²) < 4.78 is 0. The van der Waals surface area contributed by atoms with Crippen LogP contribution in [0.25, 0.3) is 0 Å². The number of benzene rings is 1. The Labute approximate surface area is 130 Å². The molecule has 113 valence electrons. The van der Waals surface area contributed by atoms with Crippen LogP contribution >= 0.6 is 12.6 Å². The molecule has 0 saturated heterocycles. The lowest BCUT2D eigenvalue weighted by Gasteiger charge is -2.29. The van der Waals surface area contributed by atoms with Gasteiger partial charge < -0.3 is 5.11 Å². The number of hydrogen-bond donors (Lipinski definition) is 1. The summed E-state index contributed by atoms with van der Waals surface area (Å²) in [6.07, 6.45) is 2.10. The van der Waals surface area contributed by atoms with Gasteiger partial charge in [-0.05, 0) is 33.9 Å². The molecule has 1 atom stereocenters. The van der Waals surface area contributed by atoms with Gasteiger partial charge in [-0.2, -0.15) is 0 Å². The number of hydrogen-bond acceptors (Lipinski definition) is 1. The zero-order valence-electron chi connectivity index (χ0n) is 14.0. The fourth-order valence-electron chi connectivity index (χ4n) is 2.41. The molecule has 0 saturated carbocycles. The number of rotatable bonds is 3. The Morgan fingerprint density at radius 3 is 1.70 bits per heavy atom. The molecule has 1 nitrogen and oxygen atoms in total. The number of aromatic hydroxyl groups is 1. The average molecular weight is 293 g/mol. The molecule has 0 aliphatic rings. The predicted molar refractivity (Wildman–Crippen MR) is 90.7 cm³/mol. The number of phenols is 1. The van der Waals surface area contributed by atoms with Gasteiger partial charge in [0.2, 0.25) is 0 Å². The summed E-state index contributed by atoms with van der Waals surface area (Å²) in [7, 11) is 0. The van der Waals surface area contributed by atoms with Crippen molar-refractivity contribution in [1.82, 2.24) is 0 Å². The van der Waals surface area contributed by atoms with E-state index in [1.807, 2.05) is 0 Å². The third-order valence-electron chi connectivity index (χ3n) is 3.67. The van der Waals surface area contributed by atoms with Crippen LogP contribution in [0.2, 0.25) is 0 Å². The van der Waals surface area contributed by atoms with Crippen molar-refractivity contribution < 1.29 is 5.11 Å². The Morgan fingerprint density at radius 1 is 1.00 bits per heavy atom. The molecular formula is C18H29OS. The Kier molecular flexibility index (Phi) is 5.23. The quantitative estimate of drug-likeness (QED) is 0.721. The van der Waals surface area contributed by atoms with Crippen LogP contribution in [0.1, 0.15) is 83.2 Å². The normalized spacial score (nSPS) is 14.4. The lowest BCUT2D eigenvalue weighted by atomic mass is 9.78.